The highest BCUT2D eigenvalue weighted by Gasteiger charge is 2.41. The van der Waals surface area contributed by atoms with E-state index in [-0.39, 0.29) is 29.1 Å². The van der Waals surface area contributed by atoms with Gasteiger partial charge in [-0.2, -0.15) is 0 Å². The quantitative estimate of drug-likeness (QED) is 0.632. The van der Waals surface area contributed by atoms with Crippen LogP contribution in [0.2, 0.25) is 18.1 Å². The molecule has 0 aromatic heterocycles. The second-order valence-electron chi connectivity index (χ2n) is 8.60. The van der Waals surface area contributed by atoms with E-state index in [0.717, 1.165) is 24.8 Å². The van der Waals surface area contributed by atoms with Gasteiger partial charge in [-0.3, -0.25) is 0 Å². The van der Waals surface area contributed by atoms with Gasteiger partial charge >= 0.3 is 5.97 Å². The number of aliphatic hydroxyl groups is 1. The Bertz CT molecular complexity index is 589. The number of aliphatic hydroxyl groups excluding tert-OH is 1. The molecule has 1 fully saturated rings. The number of esters is 1. The van der Waals surface area contributed by atoms with Crippen molar-refractivity contribution in [3.8, 4) is 0 Å². The van der Waals surface area contributed by atoms with Crippen LogP contribution in [0.25, 0.3) is 0 Å². The number of ether oxygens (including phenoxy) is 1. The summed E-state index contributed by atoms with van der Waals surface area (Å²) < 4.78 is 11.3. The van der Waals surface area contributed by atoms with E-state index < -0.39 is 8.32 Å². The second kappa shape index (κ2) is 7.60. The summed E-state index contributed by atoms with van der Waals surface area (Å²) in [6, 6.07) is 7.39. The van der Waals surface area contributed by atoms with Gasteiger partial charge in [0.15, 0.2) is 8.32 Å². The fourth-order valence-corrected chi connectivity index (χ4v) is 4.56. The van der Waals surface area contributed by atoms with Gasteiger partial charge in [0.25, 0.3) is 0 Å². The number of hydrogen-bond donors (Lipinski definition) is 1. The van der Waals surface area contributed by atoms with Crippen LogP contribution in [0.5, 0.6) is 0 Å². The number of carbonyl (C=O) groups excluding carboxylic acids is 1. The zero-order valence-electron chi connectivity index (χ0n) is 16.3. The lowest BCUT2D eigenvalue weighted by molar-refractivity contribution is 0.0408. The predicted molar refractivity (Wildman–Crippen MR) is 102 cm³/mol. The first kappa shape index (κ1) is 20.1. The van der Waals surface area contributed by atoms with E-state index in [2.05, 4.69) is 33.9 Å². The molecule has 0 amide bonds. The Balaban J connectivity index is 2.11. The van der Waals surface area contributed by atoms with Crippen LogP contribution in [0.15, 0.2) is 24.3 Å². The van der Waals surface area contributed by atoms with Crippen LogP contribution >= 0.6 is 0 Å². The summed E-state index contributed by atoms with van der Waals surface area (Å²) in [6.45, 7) is 11.3. The summed E-state index contributed by atoms with van der Waals surface area (Å²) in [6.07, 6.45) is 2.32. The van der Waals surface area contributed by atoms with E-state index in [0.29, 0.717) is 5.56 Å². The largest absolute Gasteiger partial charge is 0.465 e. The minimum Gasteiger partial charge on any atom is -0.465 e. The second-order valence-corrected chi connectivity index (χ2v) is 13.4. The zero-order chi connectivity index (χ0) is 18.8. The molecule has 4 nitrogen and oxygen atoms in total. The molecule has 1 aliphatic carbocycles. The topological polar surface area (TPSA) is 55.8 Å². The molecule has 140 valence electrons. The maximum atomic E-state index is 11.6. The van der Waals surface area contributed by atoms with Crippen molar-refractivity contribution in [3.63, 3.8) is 0 Å². The van der Waals surface area contributed by atoms with E-state index in [1.807, 2.05) is 12.1 Å². The third-order valence-electron chi connectivity index (χ3n) is 5.79. The Morgan fingerprint density at radius 1 is 1.16 bits per heavy atom. The Kier molecular flexibility index (Phi) is 6.12. The van der Waals surface area contributed by atoms with Gasteiger partial charge in [-0.25, -0.2) is 4.79 Å². The van der Waals surface area contributed by atoms with Gasteiger partial charge in [0.05, 0.1) is 18.8 Å². The minimum absolute atomic E-state index is 0.0511. The molecule has 1 aromatic carbocycles. The first-order chi connectivity index (χ1) is 11.5. The van der Waals surface area contributed by atoms with Crippen molar-refractivity contribution < 1.29 is 19.1 Å². The lowest BCUT2D eigenvalue weighted by Crippen LogP contribution is -2.46. The van der Waals surface area contributed by atoms with Crippen molar-refractivity contribution in [1.82, 2.24) is 0 Å². The molecule has 0 aliphatic heterocycles. The number of carbonyl (C=O) groups is 1. The number of benzene rings is 1. The molecule has 0 heterocycles. The molecule has 0 bridgehead atoms. The molecule has 0 unspecified atom stereocenters. The van der Waals surface area contributed by atoms with Crippen molar-refractivity contribution in [2.24, 2.45) is 0 Å². The highest BCUT2D eigenvalue weighted by atomic mass is 28.4. The number of methoxy groups -OCH3 is 1. The Morgan fingerprint density at radius 3 is 2.28 bits per heavy atom. The zero-order valence-corrected chi connectivity index (χ0v) is 17.3. The first-order valence-electron chi connectivity index (χ1n) is 9.09. The Morgan fingerprint density at radius 2 is 1.76 bits per heavy atom. The Hall–Kier alpha value is -1.17. The molecule has 3 atom stereocenters. The standard InChI is InChI=1S/C20H32O4Si/c1-20(2,3)25(5,6)24-16-11-12-18(21)17(13-16)14-7-9-15(10-8-14)19(22)23-4/h7-10,16-18,21H,11-13H2,1-6H3/t16-,17-,18-/m0/s1. The van der Waals surface area contributed by atoms with Crippen molar-refractivity contribution in [3.05, 3.63) is 35.4 Å². The molecule has 1 saturated carbocycles. The first-order valence-corrected chi connectivity index (χ1v) is 12.0. The Labute approximate surface area is 152 Å². The van der Waals surface area contributed by atoms with Crippen molar-refractivity contribution in [2.75, 3.05) is 7.11 Å². The summed E-state index contributed by atoms with van der Waals surface area (Å²) in [5.41, 5.74) is 1.59. The maximum absolute atomic E-state index is 11.6. The minimum atomic E-state index is -1.82. The monoisotopic (exact) mass is 364 g/mol. The SMILES string of the molecule is COC(=O)c1ccc([C@@H]2C[C@@H](O[Si](C)(C)C(C)(C)C)CC[C@@H]2O)cc1. The van der Waals surface area contributed by atoms with Gasteiger partial charge in [-0.05, 0) is 55.1 Å². The number of hydrogen-bond acceptors (Lipinski definition) is 4. The van der Waals surface area contributed by atoms with Gasteiger partial charge in [-0.1, -0.05) is 32.9 Å². The predicted octanol–water partition coefficient (Wildman–Crippen LogP) is 4.49. The molecular weight excluding hydrogens is 332 g/mol. The van der Waals surface area contributed by atoms with E-state index >= 15 is 0 Å². The average Bonchev–Trinajstić information content (AvgIpc) is 2.55. The third-order valence-corrected chi connectivity index (χ3v) is 10.3. The molecule has 25 heavy (non-hydrogen) atoms. The molecule has 0 saturated heterocycles. The molecular formula is C20H32O4Si. The lowest BCUT2D eigenvalue weighted by atomic mass is 9.80. The molecule has 1 aliphatic rings. The third kappa shape index (κ3) is 4.71. The van der Waals surface area contributed by atoms with Crippen LogP contribution < -0.4 is 0 Å². The lowest BCUT2D eigenvalue weighted by Gasteiger charge is -2.42. The van der Waals surface area contributed by atoms with Crippen LogP contribution in [-0.4, -0.2) is 38.7 Å². The van der Waals surface area contributed by atoms with Gasteiger partial charge in [-0.15, -0.1) is 0 Å². The fraction of sp³-hybridized carbons (Fsp3) is 0.650. The highest BCUT2D eigenvalue weighted by molar-refractivity contribution is 6.74. The summed E-state index contributed by atoms with van der Waals surface area (Å²) in [4.78, 5) is 11.6. The normalized spacial score (nSPS) is 24.8. The maximum Gasteiger partial charge on any atom is 0.337 e. The smallest absolute Gasteiger partial charge is 0.337 e. The molecule has 5 heteroatoms. The van der Waals surface area contributed by atoms with Gasteiger partial charge in [0.2, 0.25) is 0 Å². The van der Waals surface area contributed by atoms with Crippen LogP contribution in [-0.2, 0) is 9.16 Å². The van der Waals surface area contributed by atoms with E-state index in [1.54, 1.807) is 12.1 Å². The van der Waals surface area contributed by atoms with Crippen molar-refractivity contribution >= 4 is 14.3 Å². The number of rotatable bonds is 4. The van der Waals surface area contributed by atoms with E-state index in [9.17, 15) is 9.90 Å². The molecule has 0 spiro atoms. The summed E-state index contributed by atoms with van der Waals surface area (Å²) in [5, 5.41) is 10.7. The van der Waals surface area contributed by atoms with E-state index in [4.69, 9.17) is 9.16 Å². The molecule has 0 radical (unpaired) electrons. The molecule has 1 N–H and O–H groups in total. The van der Waals surface area contributed by atoms with Crippen LogP contribution in [0, 0.1) is 0 Å². The highest BCUT2D eigenvalue weighted by Crippen LogP contribution is 2.41. The fourth-order valence-electron chi connectivity index (χ4n) is 3.16. The van der Waals surface area contributed by atoms with Gasteiger partial charge in [0.1, 0.15) is 0 Å². The van der Waals surface area contributed by atoms with Gasteiger partial charge < -0.3 is 14.3 Å². The van der Waals surface area contributed by atoms with E-state index in [1.165, 1.54) is 7.11 Å². The summed E-state index contributed by atoms with van der Waals surface area (Å²) >= 11 is 0. The van der Waals surface area contributed by atoms with Crippen molar-refractivity contribution in [2.45, 2.75) is 76.3 Å². The average molecular weight is 365 g/mol. The van der Waals surface area contributed by atoms with Gasteiger partial charge in [0, 0.05) is 12.0 Å². The van der Waals surface area contributed by atoms with Crippen LogP contribution in [0.1, 0.15) is 61.9 Å². The summed E-state index contributed by atoms with van der Waals surface area (Å²) in [5.74, 6) is -0.287. The molecule has 2 rings (SSSR count). The molecule has 1 aromatic rings. The summed E-state index contributed by atoms with van der Waals surface area (Å²) in [7, 11) is -0.438. The van der Waals surface area contributed by atoms with Crippen LogP contribution in [0.3, 0.4) is 0 Å². The van der Waals surface area contributed by atoms with Crippen molar-refractivity contribution in [1.29, 1.82) is 0 Å². The van der Waals surface area contributed by atoms with Crippen LogP contribution in [0.4, 0.5) is 0 Å².